The van der Waals surface area contributed by atoms with Crippen LogP contribution in [0.2, 0.25) is 0 Å². The van der Waals surface area contributed by atoms with Gasteiger partial charge in [0.1, 0.15) is 0 Å². The molecule has 5 nitrogen and oxygen atoms in total. The summed E-state index contributed by atoms with van der Waals surface area (Å²) in [5.74, 6) is -0.388. The van der Waals surface area contributed by atoms with Crippen molar-refractivity contribution in [2.24, 2.45) is 0 Å². The summed E-state index contributed by atoms with van der Waals surface area (Å²) in [4.78, 5) is 27.1. The molecule has 0 aromatic heterocycles. The van der Waals surface area contributed by atoms with Gasteiger partial charge in [-0.15, -0.1) is 0 Å². The molecule has 1 aromatic rings. The molecular formula is C18H25N3O2. The first-order chi connectivity index (χ1) is 11.0. The molecule has 1 unspecified atom stereocenters. The molecule has 2 amide bonds. The van der Waals surface area contributed by atoms with Gasteiger partial charge in [-0.1, -0.05) is 24.3 Å². The van der Waals surface area contributed by atoms with E-state index >= 15 is 0 Å². The summed E-state index contributed by atoms with van der Waals surface area (Å²) in [7, 11) is 1.60. The van der Waals surface area contributed by atoms with Crippen molar-refractivity contribution in [3.8, 4) is 0 Å². The molecule has 1 heterocycles. The number of nitrogens with zero attached hydrogens (tertiary/aromatic N) is 2. The van der Waals surface area contributed by atoms with E-state index < -0.39 is 0 Å². The lowest BCUT2D eigenvalue weighted by molar-refractivity contribution is -0.131. The molecule has 124 valence electrons. The molecular weight excluding hydrogens is 290 g/mol. The van der Waals surface area contributed by atoms with Gasteiger partial charge in [-0.3, -0.25) is 9.59 Å². The summed E-state index contributed by atoms with van der Waals surface area (Å²) in [5, 5.41) is 2.94. The van der Waals surface area contributed by atoms with E-state index in [0.29, 0.717) is 12.6 Å². The van der Waals surface area contributed by atoms with Crippen molar-refractivity contribution in [2.75, 3.05) is 31.6 Å². The number of nitrogens with one attached hydrogen (secondary N) is 1. The highest BCUT2D eigenvalue weighted by Gasteiger charge is 2.25. The van der Waals surface area contributed by atoms with E-state index in [0.717, 1.165) is 19.4 Å². The van der Waals surface area contributed by atoms with Gasteiger partial charge >= 0.3 is 0 Å². The average Bonchev–Trinajstić information content (AvgIpc) is 3.01. The second kappa shape index (κ2) is 7.81. The van der Waals surface area contributed by atoms with E-state index in [1.807, 2.05) is 0 Å². The minimum Gasteiger partial charge on any atom is -0.367 e. The van der Waals surface area contributed by atoms with E-state index in [9.17, 15) is 9.59 Å². The van der Waals surface area contributed by atoms with Crippen LogP contribution < -0.4 is 10.2 Å². The molecule has 1 N–H and O–H groups in total. The van der Waals surface area contributed by atoms with Gasteiger partial charge in [0.2, 0.25) is 11.8 Å². The predicted octanol–water partition coefficient (Wildman–Crippen LogP) is 1.72. The fourth-order valence-corrected chi connectivity index (χ4v) is 2.86. The average molecular weight is 315 g/mol. The van der Waals surface area contributed by atoms with Crippen molar-refractivity contribution >= 4 is 17.5 Å². The summed E-state index contributed by atoms with van der Waals surface area (Å²) >= 11 is 0. The first-order valence-corrected chi connectivity index (χ1v) is 7.99. The highest BCUT2D eigenvalue weighted by molar-refractivity contribution is 5.90. The Morgan fingerprint density at radius 1 is 1.39 bits per heavy atom. The van der Waals surface area contributed by atoms with Crippen molar-refractivity contribution in [3.05, 3.63) is 42.5 Å². The van der Waals surface area contributed by atoms with Crippen LogP contribution in [0.5, 0.6) is 0 Å². The maximum Gasteiger partial charge on any atom is 0.246 e. The van der Waals surface area contributed by atoms with Crippen LogP contribution in [0, 0.1) is 6.92 Å². The Bertz CT molecular complexity index is 568. The lowest BCUT2D eigenvalue weighted by atomic mass is 10.2. The van der Waals surface area contributed by atoms with E-state index in [1.54, 1.807) is 7.05 Å². The van der Waals surface area contributed by atoms with Crippen LogP contribution in [-0.4, -0.2) is 49.4 Å². The summed E-state index contributed by atoms with van der Waals surface area (Å²) in [5.41, 5.74) is 2.44. The molecule has 2 rings (SSSR count). The molecule has 0 spiro atoms. The Morgan fingerprint density at radius 3 is 2.74 bits per heavy atom. The zero-order chi connectivity index (χ0) is 16.8. The molecule has 1 aromatic carbocycles. The Hall–Kier alpha value is -2.30. The summed E-state index contributed by atoms with van der Waals surface area (Å²) in [6.45, 7) is 7.16. The third-order valence-corrected chi connectivity index (χ3v) is 4.21. The van der Waals surface area contributed by atoms with Crippen molar-refractivity contribution in [3.63, 3.8) is 0 Å². The fourth-order valence-electron chi connectivity index (χ4n) is 2.86. The summed E-state index contributed by atoms with van der Waals surface area (Å²) < 4.78 is 0. The minimum absolute atomic E-state index is 0.0576. The maximum absolute atomic E-state index is 12.0. The van der Waals surface area contributed by atoms with Crippen LogP contribution >= 0.6 is 0 Å². The number of aryl methyl sites for hydroxylation is 1. The quantitative estimate of drug-likeness (QED) is 0.813. The normalized spacial score (nSPS) is 17.0. The van der Waals surface area contributed by atoms with E-state index in [4.69, 9.17) is 0 Å². The lowest BCUT2D eigenvalue weighted by Crippen LogP contribution is -2.44. The molecule has 5 heteroatoms. The van der Waals surface area contributed by atoms with Crippen LogP contribution in [0.25, 0.3) is 0 Å². The third kappa shape index (κ3) is 4.58. The number of carbonyl (C=O) groups excluding carboxylic acids is 2. The zero-order valence-corrected chi connectivity index (χ0v) is 13.9. The summed E-state index contributed by atoms with van der Waals surface area (Å²) in [6.07, 6.45) is 3.40. The van der Waals surface area contributed by atoms with Gasteiger partial charge in [0.25, 0.3) is 0 Å². The van der Waals surface area contributed by atoms with Crippen LogP contribution in [0.3, 0.4) is 0 Å². The third-order valence-electron chi connectivity index (χ3n) is 4.21. The van der Waals surface area contributed by atoms with E-state index in [1.165, 1.54) is 22.2 Å². The second-order valence-corrected chi connectivity index (χ2v) is 6.03. The molecule has 1 atom stereocenters. The number of likely N-dealkylation sites (N-methyl/N-ethyl adjacent to an activating group) is 1. The number of anilines is 1. The van der Waals surface area contributed by atoms with Crippen LogP contribution in [0.1, 0.15) is 18.4 Å². The zero-order valence-electron chi connectivity index (χ0n) is 13.9. The van der Waals surface area contributed by atoms with Crippen molar-refractivity contribution in [2.45, 2.75) is 25.8 Å². The van der Waals surface area contributed by atoms with Gasteiger partial charge in [-0.2, -0.15) is 0 Å². The Balaban J connectivity index is 1.87. The molecule has 1 saturated heterocycles. The predicted molar refractivity (Wildman–Crippen MR) is 92.4 cm³/mol. The van der Waals surface area contributed by atoms with Crippen LogP contribution in [0.4, 0.5) is 5.69 Å². The molecule has 1 aliphatic heterocycles. The number of carbonyl (C=O) groups is 2. The fraction of sp³-hybridized carbons (Fsp3) is 0.444. The van der Waals surface area contributed by atoms with Gasteiger partial charge in [0, 0.05) is 31.9 Å². The highest BCUT2D eigenvalue weighted by Crippen LogP contribution is 2.25. The smallest absolute Gasteiger partial charge is 0.246 e. The largest absolute Gasteiger partial charge is 0.367 e. The van der Waals surface area contributed by atoms with Gasteiger partial charge in [0.15, 0.2) is 0 Å². The van der Waals surface area contributed by atoms with Crippen molar-refractivity contribution in [1.29, 1.82) is 0 Å². The number of amides is 2. The highest BCUT2D eigenvalue weighted by atomic mass is 16.2. The Morgan fingerprint density at radius 2 is 2.09 bits per heavy atom. The van der Waals surface area contributed by atoms with Crippen LogP contribution in [-0.2, 0) is 9.59 Å². The summed E-state index contributed by atoms with van der Waals surface area (Å²) in [6, 6.07) is 8.79. The number of hydrogen-bond donors (Lipinski definition) is 1. The maximum atomic E-state index is 12.0. The van der Waals surface area contributed by atoms with Crippen molar-refractivity contribution in [1.82, 2.24) is 10.2 Å². The molecule has 0 bridgehead atoms. The topological polar surface area (TPSA) is 52.7 Å². The molecule has 0 saturated carbocycles. The first-order valence-electron chi connectivity index (χ1n) is 7.99. The number of hydrogen-bond acceptors (Lipinski definition) is 3. The standard InChI is InChI=1S/C18H25N3O2/c1-4-18(23)20(3)13-17(22)19-12-16-6-5-11-21(16)15-9-7-14(2)8-10-15/h4,7-10,16H,1,5-6,11-13H2,2-3H3,(H,19,22). The first kappa shape index (κ1) is 17.1. The van der Waals surface area contributed by atoms with Gasteiger partial charge in [0.05, 0.1) is 6.54 Å². The van der Waals surface area contributed by atoms with Crippen LogP contribution in [0.15, 0.2) is 36.9 Å². The monoisotopic (exact) mass is 315 g/mol. The Kier molecular flexibility index (Phi) is 5.79. The molecule has 0 radical (unpaired) electrons. The molecule has 23 heavy (non-hydrogen) atoms. The van der Waals surface area contributed by atoms with Gasteiger partial charge < -0.3 is 15.1 Å². The minimum atomic E-state index is -0.248. The van der Waals surface area contributed by atoms with Gasteiger partial charge in [-0.25, -0.2) is 0 Å². The van der Waals surface area contributed by atoms with Crippen molar-refractivity contribution < 1.29 is 9.59 Å². The molecule has 1 fully saturated rings. The lowest BCUT2D eigenvalue weighted by Gasteiger charge is -2.27. The van der Waals surface area contributed by atoms with E-state index in [2.05, 4.69) is 48.0 Å². The molecule has 0 aliphatic carbocycles. The SMILES string of the molecule is C=CC(=O)N(C)CC(=O)NCC1CCCN1c1ccc(C)cc1. The van der Waals surface area contributed by atoms with E-state index in [-0.39, 0.29) is 18.4 Å². The number of rotatable bonds is 6. The molecule has 1 aliphatic rings. The Labute approximate surface area is 138 Å². The second-order valence-electron chi connectivity index (χ2n) is 6.03. The number of benzene rings is 1. The van der Waals surface area contributed by atoms with Gasteiger partial charge in [-0.05, 0) is 38.0 Å².